The van der Waals surface area contributed by atoms with Crippen LogP contribution in [0.25, 0.3) is 0 Å². The van der Waals surface area contributed by atoms with Gasteiger partial charge in [0.2, 0.25) is 0 Å². The molecule has 0 spiro atoms. The Kier molecular flexibility index (Phi) is 45.0. The van der Waals surface area contributed by atoms with E-state index in [2.05, 4.69) is 49.7 Å². The number of methoxy groups -OCH3 is 1. The fourth-order valence-corrected chi connectivity index (χ4v) is 3.46. The number of ether oxygens (including phenoxy) is 1. The topological polar surface area (TPSA) is 65.4 Å². The smallest absolute Gasteiger partial charge is 1.00 e. The van der Waals surface area contributed by atoms with Crippen molar-refractivity contribution in [3.63, 3.8) is 0 Å². The molecule has 0 radical (unpaired) electrons. The number of halogens is 1. The van der Waals surface area contributed by atoms with E-state index in [1.54, 1.807) is 5.32 Å². The summed E-state index contributed by atoms with van der Waals surface area (Å²) < 4.78 is 4.02. The minimum Gasteiger partial charge on any atom is -1.00 e. The predicted octanol–water partition coefficient (Wildman–Crippen LogP) is 4.26. The Morgan fingerprint density at radius 1 is 0.765 bits per heavy atom. The zero-order valence-corrected chi connectivity index (χ0v) is 26.2. The molecule has 34 heavy (non-hydrogen) atoms. The maximum absolute atomic E-state index is 9.86. The van der Waals surface area contributed by atoms with Crippen LogP contribution in [0.4, 0.5) is 4.79 Å². The molecular formula is C27H52ClN3O2Sn. The van der Waals surface area contributed by atoms with Crippen molar-refractivity contribution in [2.75, 3.05) is 26.7 Å². The molecule has 7 heteroatoms. The molecule has 0 aliphatic heterocycles. The van der Waals surface area contributed by atoms with Crippen molar-refractivity contribution >= 4 is 30.0 Å². The average Bonchev–Trinajstić information content (AvgIpc) is 2.90. The normalized spacial score (nSPS) is 16.1. The minimum absolute atomic E-state index is 0. The van der Waals surface area contributed by atoms with Gasteiger partial charge >= 0.3 is 30.0 Å². The van der Waals surface area contributed by atoms with Gasteiger partial charge in [-0.2, -0.15) is 43.8 Å². The Hall–Kier alpha value is -0.191. The van der Waals surface area contributed by atoms with Gasteiger partial charge < -0.3 is 41.3 Å². The van der Waals surface area contributed by atoms with Crippen LogP contribution < -0.4 is 17.7 Å². The number of amides is 1. The number of nitriles is 1. The first-order chi connectivity index (χ1) is 15.7. The molecule has 0 atom stereocenters. The number of nitrogens with zero attached hydrogens (tertiary/aromatic N) is 2. The van der Waals surface area contributed by atoms with Gasteiger partial charge in [-0.15, -0.1) is 0 Å². The van der Waals surface area contributed by atoms with Gasteiger partial charge in [-0.3, -0.25) is 0 Å². The van der Waals surface area contributed by atoms with E-state index in [-0.39, 0.29) is 36.3 Å². The fraction of sp³-hybridized carbons (Fsp3) is 0.815. The molecule has 0 saturated heterocycles. The van der Waals surface area contributed by atoms with Gasteiger partial charge in [0.15, 0.2) is 6.19 Å². The van der Waals surface area contributed by atoms with Crippen LogP contribution in [0.3, 0.4) is 0 Å². The Labute approximate surface area is 235 Å². The summed E-state index contributed by atoms with van der Waals surface area (Å²) in [6.45, 7) is 10.1. The zero-order valence-electron chi connectivity index (χ0n) is 22.5. The van der Waals surface area contributed by atoms with Crippen LogP contribution >= 0.6 is 0 Å². The molecule has 0 unspecified atom stereocenters. The molecule has 3 fully saturated rings. The third-order valence-electron chi connectivity index (χ3n) is 5.63. The molecule has 0 aromatic heterocycles. The van der Waals surface area contributed by atoms with Gasteiger partial charge in [0.1, 0.15) is 0 Å². The van der Waals surface area contributed by atoms with Crippen molar-refractivity contribution in [2.24, 2.45) is 0 Å². The SMILES string of the molecule is CCN(CC)CC.COC(=O)NC#N.[CH-]1CCCCC1.[CH-]1CCCCC1.[CH-]1CCCCC1.[Cl-].[Sn+4]. The Balaban J connectivity index is -0.000000163. The minimum atomic E-state index is -0.734. The van der Waals surface area contributed by atoms with E-state index >= 15 is 0 Å². The van der Waals surface area contributed by atoms with E-state index in [1.165, 1.54) is 129 Å². The molecule has 0 aromatic rings. The van der Waals surface area contributed by atoms with Crippen LogP contribution in [-0.2, 0) is 4.74 Å². The number of carbonyl (C=O) groups excluding carboxylic acids is 1. The molecule has 198 valence electrons. The number of hydrogen-bond acceptors (Lipinski definition) is 4. The largest absolute Gasteiger partial charge is 4.00 e. The second kappa shape index (κ2) is 37.4. The first kappa shape index (κ1) is 41.0. The van der Waals surface area contributed by atoms with E-state index in [4.69, 9.17) is 5.26 Å². The van der Waals surface area contributed by atoms with E-state index in [9.17, 15) is 4.79 Å². The van der Waals surface area contributed by atoms with Gasteiger partial charge in [0, 0.05) is 0 Å². The zero-order chi connectivity index (χ0) is 24.1. The maximum atomic E-state index is 9.86. The molecule has 1 N–H and O–H groups in total. The predicted molar refractivity (Wildman–Crippen MR) is 143 cm³/mol. The first-order valence-electron chi connectivity index (χ1n) is 13.1. The molecule has 3 aliphatic rings. The number of carbonyl (C=O) groups is 1. The molecule has 0 aromatic carbocycles. The molecule has 0 heterocycles. The monoisotopic (exact) mass is 605 g/mol. The molecule has 3 saturated carbocycles. The van der Waals surface area contributed by atoms with Crippen LogP contribution in [0, 0.1) is 30.7 Å². The van der Waals surface area contributed by atoms with Gasteiger partial charge in [0.05, 0.1) is 7.11 Å². The van der Waals surface area contributed by atoms with E-state index in [0.29, 0.717) is 0 Å². The maximum Gasteiger partial charge on any atom is 4.00 e. The van der Waals surface area contributed by atoms with Crippen LogP contribution in [0.1, 0.15) is 117 Å². The van der Waals surface area contributed by atoms with Gasteiger partial charge in [-0.05, 0) is 19.6 Å². The quantitative estimate of drug-likeness (QED) is 0.226. The van der Waals surface area contributed by atoms with Crippen molar-refractivity contribution in [3.8, 4) is 6.19 Å². The van der Waals surface area contributed by atoms with Crippen LogP contribution in [0.2, 0.25) is 0 Å². The van der Waals surface area contributed by atoms with Crippen molar-refractivity contribution < 1.29 is 21.9 Å². The Morgan fingerprint density at radius 2 is 1.06 bits per heavy atom. The van der Waals surface area contributed by atoms with Crippen molar-refractivity contribution in [3.05, 3.63) is 19.3 Å². The second-order valence-corrected chi connectivity index (χ2v) is 8.13. The number of alkyl carbamates (subject to hydrolysis) is 1. The third kappa shape index (κ3) is 36.4. The van der Waals surface area contributed by atoms with Crippen LogP contribution in [0.15, 0.2) is 0 Å². The van der Waals surface area contributed by atoms with Gasteiger partial charge in [-0.1, -0.05) is 78.6 Å². The van der Waals surface area contributed by atoms with E-state index in [0.717, 1.165) is 0 Å². The van der Waals surface area contributed by atoms with Gasteiger partial charge in [0.25, 0.3) is 0 Å². The summed E-state index contributed by atoms with van der Waals surface area (Å²) in [5.41, 5.74) is 0. The van der Waals surface area contributed by atoms with Crippen molar-refractivity contribution in [1.29, 1.82) is 5.26 Å². The van der Waals surface area contributed by atoms with E-state index in [1.807, 2.05) is 0 Å². The van der Waals surface area contributed by atoms with Crippen LogP contribution in [0.5, 0.6) is 0 Å². The second-order valence-electron chi connectivity index (χ2n) is 8.13. The fourth-order valence-electron chi connectivity index (χ4n) is 3.46. The van der Waals surface area contributed by atoms with Crippen molar-refractivity contribution in [1.82, 2.24) is 10.2 Å². The summed E-state index contributed by atoms with van der Waals surface area (Å²) >= 11 is 0. The van der Waals surface area contributed by atoms with Gasteiger partial charge in [-0.25, -0.2) is 10.1 Å². The Bertz CT molecular complexity index is 339. The average molecular weight is 605 g/mol. The molecule has 3 rings (SSSR count). The standard InChI is InChI=1S/C6H15N.3C6H11.C3H4N2O2.ClH.Sn/c1-4-7(5-2)6-3;3*1-2-4-6-5-3-1;1-7-3(6)5-2-4;;/h4-6H2,1-3H3;3*1H,2-6H2;1H3,(H,5,6);1H;/q;3*-1;;;+4/p-1. The van der Waals surface area contributed by atoms with E-state index < -0.39 is 6.09 Å². The molecule has 0 bridgehead atoms. The molecular weight excluding hydrogens is 552 g/mol. The first-order valence-corrected chi connectivity index (χ1v) is 13.1. The molecule has 3 aliphatic carbocycles. The molecule has 5 nitrogen and oxygen atoms in total. The summed E-state index contributed by atoms with van der Waals surface area (Å²) in [6, 6.07) is 0. The Morgan fingerprint density at radius 3 is 1.12 bits per heavy atom. The summed E-state index contributed by atoms with van der Waals surface area (Å²) in [6.07, 6.45) is 29.2. The van der Waals surface area contributed by atoms with Crippen LogP contribution in [-0.4, -0.2) is 61.6 Å². The summed E-state index contributed by atoms with van der Waals surface area (Å²) in [5, 5.41) is 9.45. The number of hydrogen-bond donors (Lipinski definition) is 1. The number of rotatable bonds is 3. The van der Waals surface area contributed by atoms with Crippen molar-refractivity contribution in [2.45, 2.75) is 117 Å². The summed E-state index contributed by atoms with van der Waals surface area (Å²) in [4.78, 5) is 12.2. The third-order valence-corrected chi connectivity index (χ3v) is 5.63. The summed E-state index contributed by atoms with van der Waals surface area (Å²) in [5.74, 6) is 0. The number of nitrogens with one attached hydrogen (secondary N) is 1. The molecule has 1 amide bonds. The summed E-state index contributed by atoms with van der Waals surface area (Å²) in [7, 11) is 1.19.